The smallest absolute Gasteiger partial charge is 0.222 e. The SMILES string of the molecule is CC(C)Oc1ccc(CCC(=O)N2CCN(C)CC2)cc1N. The fourth-order valence-corrected chi connectivity index (χ4v) is 2.58. The lowest BCUT2D eigenvalue weighted by atomic mass is 10.1. The Morgan fingerprint density at radius 1 is 1.27 bits per heavy atom. The number of aryl methyl sites for hydroxylation is 1. The standard InChI is InChI=1S/C17H27N3O2/c1-13(2)22-16-6-4-14(12-15(16)18)5-7-17(21)20-10-8-19(3)9-11-20/h4,6,12-13H,5,7-11,18H2,1-3H3. The second-order valence-corrected chi connectivity index (χ2v) is 6.22. The second kappa shape index (κ2) is 7.49. The van der Waals surface area contributed by atoms with Gasteiger partial charge in [-0.05, 0) is 45.0 Å². The molecule has 5 nitrogen and oxygen atoms in total. The Kier molecular flexibility index (Phi) is 5.66. The van der Waals surface area contributed by atoms with E-state index >= 15 is 0 Å². The van der Waals surface area contributed by atoms with Gasteiger partial charge in [0.1, 0.15) is 5.75 Å². The molecule has 1 saturated heterocycles. The molecule has 0 aromatic heterocycles. The molecule has 5 heteroatoms. The summed E-state index contributed by atoms with van der Waals surface area (Å²) in [5.41, 5.74) is 7.73. The van der Waals surface area contributed by atoms with E-state index in [-0.39, 0.29) is 12.0 Å². The molecule has 22 heavy (non-hydrogen) atoms. The molecular weight excluding hydrogens is 278 g/mol. The maximum Gasteiger partial charge on any atom is 0.222 e. The summed E-state index contributed by atoms with van der Waals surface area (Å²) in [6, 6.07) is 5.80. The van der Waals surface area contributed by atoms with E-state index in [2.05, 4.69) is 11.9 Å². The Hall–Kier alpha value is -1.75. The molecule has 1 amide bonds. The number of amides is 1. The second-order valence-electron chi connectivity index (χ2n) is 6.22. The third-order valence-corrected chi connectivity index (χ3v) is 3.92. The number of carbonyl (C=O) groups is 1. The van der Waals surface area contributed by atoms with Crippen molar-refractivity contribution in [1.29, 1.82) is 0 Å². The molecule has 0 bridgehead atoms. The van der Waals surface area contributed by atoms with E-state index in [0.717, 1.165) is 38.2 Å². The van der Waals surface area contributed by atoms with Crippen molar-refractivity contribution in [2.24, 2.45) is 0 Å². The minimum atomic E-state index is 0.104. The monoisotopic (exact) mass is 305 g/mol. The molecule has 1 aromatic rings. The molecule has 1 aromatic carbocycles. The molecule has 0 unspecified atom stereocenters. The van der Waals surface area contributed by atoms with Crippen LogP contribution in [0.2, 0.25) is 0 Å². The summed E-state index contributed by atoms with van der Waals surface area (Å²) in [6.07, 6.45) is 1.36. The molecule has 1 heterocycles. The number of ether oxygens (including phenoxy) is 1. The van der Waals surface area contributed by atoms with Gasteiger partial charge in [0.15, 0.2) is 0 Å². The van der Waals surface area contributed by atoms with E-state index in [1.165, 1.54) is 0 Å². The zero-order chi connectivity index (χ0) is 16.1. The first-order valence-electron chi connectivity index (χ1n) is 7.97. The number of anilines is 1. The summed E-state index contributed by atoms with van der Waals surface area (Å²) < 4.78 is 5.63. The van der Waals surface area contributed by atoms with Crippen LogP contribution in [0.25, 0.3) is 0 Å². The minimum absolute atomic E-state index is 0.104. The number of hydrogen-bond donors (Lipinski definition) is 1. The van der Waals surface area contributed by atoms with Crippen LogP contribution in [0, 0.1) is 0 Å². The maximum absolute atomic E-state index is 12.2. The highest BCUT2D eigenvalue weighted by molar-refractivity contribution is 5.76. The maximum atomic E-state index is 12.2. The summed E-state index contributed by atoms with van der Waals surface area (Å²) in [6.45, 7) is 7.53. The fourth-order valence-electron chi connectivity index (χ4n) is 2.58. The van der Waals surface area contributed by atoms with Gasteiger partial charge in [-0.1, -0.05) is 6.07 Å². The Labute approximate surface area is 133 Å². The highest BCUT2D eigenvalue weighted by atomic mass is 16.5. The van der Waals surface area contributed by atoms with Crippen LogP contribution in [0.4, 0.5) is 5.69 Å². The van der Waals surface area contributed by atoms with Crippen LogP contribution in [-0.2, 0) is 11.2 Å². The molecular formula is C17H27N3O2. The van der Waals surface area contributed by atoms with Crippen molar-refractivity contribution >= 4 is 11.6 Å². The van der Waals surface area contributed by atoms with E-state index in [1.807, 2.05) is 36.9 Å². The number of nitrogens with two attached hydrogens (primary N) is 1. The van der Waals surface area contributed by atoms with Gasteiger partial charge < -0.3 is 20.3 Å². The van der Waals surface area contributed by atoms with Gasteiger partial charge >= 0.3 is 0 Å². The van der Waals surface area contributed by atoms with Gasteiger partial charge in [0.05, 0.1) is 11.8 Å². The van der Waals surface area contributed by atoms with Crippen LogP contribution in [0.1, 0.15) is 25.8 Å². The van der Waals surface area contributed by atoms with Crippen molar-refractivity contribution < 1.29 is 9.53 Å². The summed E-state index contributed by atoms with van der Waals surface area (Å²) in [5.74, 6) is 0.943. The topological polar surface area (TPSA) is 58.8 Å². The first-order chi connectivity index (χ1) is 10.5. The number of hydrogen-bond acceptors (Lipinski definition) is 4. The van der Waals surface area contributed by atoms with Gasteiger partial charge in [0.2, 0.25) is 5.91 Å². The van der Waals surface area contributed by atoms with Crippen LogP contribution in [0.3, 0.4) is 0 Å². The predicted molar refractivity (Wildman–Crippen MR) is 89.0 cm³/mol. The Morgan fingerprint density at radius 3 is 2.55 bits per heavy atom. The quantitative estimate of drug-likeness (QED) is 0.842. The molecule has 0 saturated carbocycles. The van der Waals surface area contributed by atoms with Crippen molar-refractivity contribution in [2.45, 2.75) is 32.8 Å². The number of piperazine rings is 1. The van der Waals surface area contributed by atoms with Crippen LogP contribution in [-0.4, -0.2) is 55.0 Å². The van der Waals surface area contributed by atoms with Gasteiger partial charge in [-0.15, -0.1) is 0 Å². The summed E-state index contributed by atoms with van der Waals surface area (Å²) in [7, 11) is 2.09. The number of rotatable bonds is 5. The number of likely N-dealkylation sites (N-methyl/N-ethyl adjacent to an activating group) is 1. The number of nitrogen functional groups attached to an aromatic ring is 1. The van der Waals surface area contributed by atoms with E-state index < -0.39 is 0 Å². The molecule has 122 valence electrons. The lowest BCUT2D eigenvalue weighted by molar-refractivity contribution is -0.132. The highest BCUT2D eigenvalue weighted by Gasteiger charge is 2.18. The summed E-state index contributed by atoms with van der Waals surface area (Å²) in [5, 5.41) is 0. The Balaban J connectivity index is 1.86. The van der Waals surface area contributed by atoms with E-state index in [1.54, 1.807) is 0 Å². The summed E-state index contributed by atoms with van der Waals surface area (Å²) >= 11 is 0. The zero-order valence-corrected chi connectivity index (χ0v) is 13.8. The van der Waals surface area contributed by atoms with Gasteiger partial charge in [-0.2, -0.15) is 0 Å². The molecule has 2 rings (SSSR count). The molecule has 1 aliphatic heterocycles. The molecule has 0 radical (unpaired) electrons. The molecule has 1 fully saturated rings. The van der Waals surface area contributed by atoms with Gasteiger partial charge in [-0.3, -0.25) is 4.79 Å². The van der Waals surface area contributed by atoms with Gasteiger partial charge in [-0.25, -0.2) is 0 Å². The van der Waals surface area contributed by atoms with E-state index in [4.69, 9.17) is 10.5 Å². The minimum Gasteiger partial charge on any atom is -0.489 e. The first-order valence-corrected chi connectivity index (χ1v) is 7.97. The molecule has 0 spiro atoms. The molecule has 0 aliphatic carbocycles. The normalized spacial score (nSPS) is 16.1. The van der Waals surface area contributed by atoms with E-state index in [0.29, 0.717) is 17.9 Å². The van der Waals surface area contributed by atoms with Crippen molar-refractivity contribution in [2.75, 3.05) is 39.0 Å². The largest absolute Gasteiger partial charge is 0.489 e. The van der Waals surface area contributed by atoms with Crippen LogP contribution < -0.4 is 10.5 Å². The predicted octanol–water partition coefficient (Wildman–Crippen LogP) is 1.76. The fraction of sp³-hybridized carbons (Fsp3) is 0.588. The van der Waals surface area contributed by atoms with Crippen molar-refractivity contribution in [3.05, 3.63) is 23.8 Å². The number of nitrogens with zero attached hydrogens (tertiary/aromatic N) is 2. The first kappa shape index (κ1) is 16.6. The van der Waals surface area contributed by atoms with E-state index in [9.17, 15) is 4.79 Å². The Bertz CT molecular complexity index is 509. The number of carbonyl (C=O) groups excluding carboxylic acids is 1. The lowest BCUT2D eigenvalue weighted by Crippen LogP contribution is -2.47. The van der Waals surface area contributed by atoms with Crippen molar-refractivity contribution in [3.63, 3.8) is 0 Å². The van der Waals surface area contributed by atoms with Crippen LogP contribution in [0.5, 0.6) is 5.75 Å². The average Bonchev–Trinajstić information content (AvgIpc) is 2.47. The third kappa shape index (κ3) is 4.63. The van der Waals surface area contributed by atoms with Crippen LogP contribution >= 0.6 is 0 Å². The van der Waals surface area contributed by atoms with Crippen LogP contribution in [0.15, 0.2) is 18.2 Å². The van der Waals surface area contributed by atoms with Gasteiger partial charge in [0.25, 0.3) is 0 Å². The summed E-state index contributed by atoms with van der Waals surface area (Å²) in [4.78, 5) is 16.4. The van der Waals surface area contributed by atoms with Gasteiger partial charge in [0, 0.05) is 32.6 Å². The number of benzene rings is 1. The zero-order valence-electron chi connectivity index (χ0n) is 13.8. The molecule has 0 atom stereocenters. The van der Waals surface area contributed by atoms with Crippen molar-refractivity contribution in [3.8, 4) is 5.75 Å². The molecule has 2 N–H and O–H groups in total. The van der Waals surface area contributed by atoms with Crippen molar-refractivity contribution in [1.82, 2.24) is 9.80 Å². The average molecular weight is 305 g/mol. The highest BCUT2D eigenvalue weighted by Crippen LogP contribution is 2.24. The Morgan fingerprint density at radius 2 is 1.95 bits per heavy atom. The lowest BCUT2D eigenvalue weighted by Gasteiger charge is -2.32. The molecule has 1 aliphatic rings. The third-order valence-electron chi connectivity index (χ3n) is 3.92.